The Morgan fingerprint density at radius 1 is 1.43 bits per heavy atom. The number of H-pyrrole nitrogens is 1. The van der Waals surface area contributed by atoms with Gasteiger partial charge in [-0.3, -0.25) is 14.4 Å². The number of carbonyl (C=O) groups excluding carboxylic acids is 2. The van der Waals surface area contributed by atoms with Gasteiger partial charge in [0.2, 0.25) is 11.5 Å². The summed E-state index contributed by atoms with van der Waals surface area (Å²) in [6, 6.07) is 4.53. The summed E-state index contributed by atoms with van der Waals surface area (Å²) in [6.45, 7) is 1.02. The van der Waals surface area contributed by atoms with E-state index in [0.29, 0.717) is 25.9 Å². The molecule has 1 fully saturated rings. The fourth-order valence-electron chi connectivity index (χ4n) is 2.95. The lowest BCUT2D eigenvalue weighted by molar-refractivity contribution is -0.123. The van der Waals surface area contributed by atoms with E-state index >= 15 is 0 Å². The van der Waals surface area contributed by atoms with E-state index in [4.69, 9.17) is 4.74 Å². The minimum Gasteiger partial charge on any atom is -0.376 e. The second kappa shape index (κ2) is 7.41. The molecule has 1 aromatic heterocycles. The lowest BCUT2D eigenvalue weighted by Crippen LogP contribution is -2.52. The molecular formula is C16H23N3O4. The lowest BCUT2D eigenvalue weighted by atomic mass is 9.87. The third kappa shape index (κ3) is 4.19. The van der Waals surface area contributed by atoms with Crippen molar-refractivity contribution in [2.75, 3.05) is 27.2 Å². The number of aromatic amines is 1. The predicted octanol–water partition coefficient (Wildman–Crippen LogP) is 0.522. The average Bonchev–Trinajstić information content (AvgIpc) is 2.59. The normalized spacial score (nSPS) is 21.0. The number of nitrogens with zero attached hydrogens (tertiary/aromatic N) is 1. The number of piperidine rings is 1. The van der Waals surface area contributed by atoms with Crippen LogP contribution in [0.1, 0.15) is 36.2 Å². The maximum atomic E-state index is 12.6. The number of aromatic nitrogens is 1. The molecule has 1 aromatic rings. The molecule has 1 aliphatic rings. The molecule has 0 aromatic carbocycles. The monoisotopic (exact) mass is 321 g/mol. The van der Waals surface area contributed by atoms with Crippen LogP contribution in [0.25, 0.3) is 0 Å². The molecule has 7 heteroatoms. The number of amides is 2. The van der Waals surface area contributed by atoms with Crippen LogP contribution in [-0.4, -0.2) is 54.5 Å². The molecule has 23 heavy (non-hydrogen) atoms. The molecule has 0 unspecified atom stereocenters. The molecular weight excluding hydrogens is 298 g/mol. The van der Waals surface area contributed by atoms with Crippen molar-refractivity contribution >= 4 is 11.8 Å². The highest BCUT2D eigenvalue weighted by molar-refractivity contribution is 5.92. The molecule has 0 bridgehead atoms. The Hall–Kier alpha value is -2.15. The Balaban J connectivity index is 2.10. The van der Waals surface area contributed by atoms with Crippen molar-refractivity contribution in [1.29, 1.82) is 0 Å². The van der Waals surface area contributed by atoms with Crippen LogP contribution in [0, 0.1) is 0 Å². The fraction of sp³-hybridized carbons (Fsp3) is 0.562. The Bertz CT molecular complexity index is 628. The van der Waals surface area contributed by atoms with Crippen LogP contribution in [-0.2, 0) is 9.53 Å². The number of likely N-dealkylation sites (tertiary alicyclic amines) is 1. The summed E-state index contributed by atoms with van der Waals surface area (Å²) >= 11 is 0. The van der Waals surface area contributed by atoms with Gasteiger partial charge in [0.25, 0.3) is 5.91 Å². The highest BCUT2D eigenvalue weighted by Crippen LogP contribution is 2.29. The number of ether oxygens (including phenoxy) is 1. The minimum absolute atomic E-state index is 0.0442. The van der Waals surface area contributed by atoms with Gasteiger partial charge in [0.15, 0.2) is 0 Å². The van der Waals surface area contributed by atoms with Crippen LogP contribution in [0.15, 0.2) is 23.0 Å². The van der Waals surface area contributed by atoms with Gasteiger partial charge in [-0.15, -0.1) is 0 Å². The van der Waals surface area contributed by atoms with Crippen LogP contribution in [0.2, 0.25) is 0 Å². The predicted molar refractivity (Wildman–Crippen MR) is 85.2 cm³/mol. The smallest absolute Gasteiger partial charge is 0.270 e. The van der Waals surface area contributed by atoms with E-state index in [2.05, 4.69) is 10.3 Å². The number of nitrogens with one attached hydrogen (secondary N) is 2. The van der Waals surface area contributed by atoms with Crippen LogP contribution >= 0.6 is 0 Å². The van der Waals surface area contributed by atoms with Crippen molar-refractivity contribution < 1.29 is 14.3 Å². The molecule has 1 aliphatic heterocycles. The van der Waals surface area contributed by atoms with Crippen molar-refractivity contribution in [3.8, 4) is 0 Å². The van der Waals surface area contributed by atoms with Crippen LogP contribution in [0.5, 0.6) is 0 Å². The summed E-state index contributed by atoms with van der Waals surface area (Å²) < 4.78 is 5.67. The van der Waals surface area contributed by atoms with Crippen molar-refractivity contribution in [3.05, 3.63) is 34.2 Å². The number of carbonyl (C=O) groups is 2. The Kier molecular flexibility index (Phi) is 5.54. The molecule has 2 amide bonds. The van der Waals surface area contributed by atoms with E-state index in [0.717, 1.165) is 12.8 Å². The summed E-state index contributed by atoms with van der Waals surface area (Å²) in [7, 11) is 3.21. The second-order valence-electron chi connectivity index (χ2n) is 5.82. The van der Waals surface area contributed by atoms with Crippen molar-refractivity contribution in [2.24, 2.45) is 0 Å². The van der Waals surface area contributed by atoms with Gasteiger partial charge < -0.3 is 19.9 Å². The molecule has 2 heterocycles. The molecule has 0 aliphatic carbocycles. The topological polar surface area (TPSA) is 91.5 Å². The third-order valence-electron chi connectivity index (χ3n) is 4.34. The summed E-state index contributed by atoms with van der Waals surface area (Å²) in [5, 5.41) is 2.60. The molecule has 126 valence electrons. The van der Waals surface area contributed by atoms with Gasteiger partial charge in [0.05, 0.1) is 12.1 Å². The highest BCUT2D eigenvalue weighted by Gasteiger charge is 2.37. The van der Waals surface area contributed by atoms with Crippen LogP contribution < -0.4 is 10.9 Å². The number of rotatable bonds is 5. The first-order valence-electron chi connectivity index (χ1n) is 7.74. The largest absolute Gasteiger partial charge is 0.376 e. The van der Waals surface area contributed by atoms with Gasteiger partial charge in [-0.25, -0.2) is 0 Å². The first-order chi connectivity index (χ1) is 11.0. The van der Waals surface area contributed by atoms with Gasteiger partial charge in [-0.05, 0) is 25.3 Å². The molecule has 1 atom stereocenters. The van der Waals surface area contributed by atoms with E-state index < -0.39 is 5.60 Å². The zero-order valence-electron chi connectivity index (χ0n) is 13.6. The van der Waals surface area contributed by atoms with E-state index in [9.17, 15) is 14.4 Å². The summed E-state index contributed by atoms with van der Waals surface area (Å²) in [5.74, 6) is -0.263. The Morgan fingerprint density at radius 3 is 2.87 bits per heavy atom. The second-order valence-corrected chi connectivity index (χ2v) is 5.82. The highest BCUT2D eigenvalue weighted by atomic mass is 16.5. The molecule has 0 saturated carbocycles. The minimum atomic E-state index is -0.518. The summed E-state index contributed by atoms with van der Waals surface area (Å²) in [5.41, 5.74) is -0.545. The first-order valence-corrected chi connectivity index (χ1v) is 7.74. The van der Waals surface area contributed by atoms with Crippen molar-refractivity contribution in [3.63, 3.8) is 0 Å². The Labute approximate surface area is 135 Å². The standard InChI is InChI=1S/C16H23N3O4/c1-17-13(20)7-9-16(23-2)8-4-10-19(11-16)15(22)12-5-3-6-14(21)18-12/h3,5-6H,4,7-11H2,1-2H3,(H,17,20)(H,18,21)/t16-/m1/s1. The fourth-order valence-corrected chi connectivity index (χ4v) is 2.95. The van der Waals surface area contributed by atoms with Crippen molar-refractivity contribution in [2.45, 2.75) is 31.3 Å². The number of hydrogen-bond acceptors (Lipinski definition) is 4. The maximum absolute atomic E-state index is 12.6. The SMILES string of the molecule is CNC(=O)CC[C@]1(OC)CCCN(C(=O)c2cccc(=O)[nH]2)C1. The van der Waals surface area contributed by atoms with E-state index in [1.807, 2.05) is 0 Å². The van der Waals surface area contributed by atoms with Crippen molar-refractivity contribution in [1.82, 2.24) is 15.2 Å². The zero-order chi connectivity index (χ0) is 16.9. The summed E-state index contributed by atoms with van der Waals surface area (Å²) in [4.78, 5) is 39.7. The van der Waals surface area contributed by atoms with Crippen LogP contribution in [0.3, 0.4) is 0 Å². The van der Waals surface area contributed by atoms with Gasteiger partial charge in [-0.2, -0.15) is 0 Å². The number of hydrogen-bond donors (Lipinski definition) is 2. The molecule has 7 nitrogen and oxygen atoms in total. The quantitative estimate of drug-likeness (QED) is 0.827. The van der Waals surface area contributed by atoms with Gasteiger partial charge in [0.1, 0.15) is 5.69 Å². The van der Waals surface area contributed by atoms with Gasteiger partial charge in [-0.1, -0.05) is 6.07 Å². The van der Waals surface area contributed by atoms with Gasteiger partial charge >= 0.3 is 0 Å². The average molecular weight is 321 g/mol. The number of methoxy groups -OCH3 is 1. The van der Waals surface area contributed by atoms with Crippen LogP contribution in [0.4, 0.5) is 0 Å². The zero-order valence-corrected chi connectivity index (χ0v) is 13.6. The summed E-state index contributed by atoms with van der Waals surface area (Å²) in [6.07, 6.45) is 2.51. The maximum Gasteiger partial charge on any atom is 0.270 e. The van der Waals surface area contributed by atoms with Gasteiger partial charge in [0, 0.05) is 33.2 Å². The van der Waals surface area contributed by atoms with E-state index in [-0.39, 0.29) is 23.1 Å². The molecule has 0 spiro atoms. The Morgan fingerprint density at radius 2 is 2.22 bits per heavy atom. The molecule has 1 saturated heterocycles. The third-order valence-corrected chi connectivity index (χ3v) is 4.34. The molecule has 2 rings (SSSR count). The van der Waals surface area contributed by atoms with E-state index in [1.54, 1.807) is 31.2 Å². The van der Waals surface area contributed by atoms with E-state index in [1.165, 1.54) is 6.07 Å². The molecule has 0 radical (unpaired) electrons. The number of pyridine rings is 1. The first kappa shape index (κ1) is 17.2. The lowest BCUT2D eigenvalue weighted by Gasteiger charge is -2.41. The molecule has 2 N–H and O–H groups in total.